The van der Waals surface area contributed by atoms with Crippen molar-refractivity contribution in [3.63, 3.8) is 0 Å². The predicted molar refractivity (Wildman–Crippen MR) is 76.5 cm³/mol. The molecule has 1 aromatic heterocycles. The molecule has 0 atom stereocenters. The van der Waals surface area contributed by atoms with Gasteiger partial charge in [-0.05, 0) is 32.9 Å². The maximum atomic E-state index is 11.2. The summed E-state index contributed by atoms with van der Waals surface area (Å²) in [5.41, 5.74) is -0.144. The number of hydrogen-bond donors (Lipinski definition) is 3. The van der Waals surface area contributed by atoms with E-state index in [4.69, 9.17) is 5.11 Å². The Balaban J connectivity index is 2.76. The minimum atomic E-state index is -3.30. The second-order valence-corrected chi connectivity index (χ2v) is 6.99. The number of pyridine rings is 1. The molecule has 0 bridgehead atoms. The molecule has 0 spiro atoms. The van der Waals surface area contributed by atoms with Gasteiger partial charge >= 0.3 is 5.97 Å². The zero-order valence-electron chi connectivity index (χ0n) is 11.9. The smallest absolute Gasteiger partial charge is 0.337 e. The van der Waals surface area contributed by atoms with Gasteiger partial charge in [-0.2, -0.15) is 0 Å². The molecular formula is C12H19N3O4S. The SMILES string of the molecule is Cc1nc(NCC(C)(C)NS(C)(=O)=O)ccc1C(=O)O. The highest BCUT2D eigenvalue weighted by molar-refractivity contribution is 7.88. The maximum Gasteiger partial charge on any atom is 0.337 e. The van der Waals surface area contributed by atoms with Crippen LogP contribution in [-0.4, -0.2) is 42.8 Å². The molecule has 1 aromatic rings. The summed E-state index contributed by atoms with van der Waals surface area (Å²) in [7, 11) is -3.30. The molecule has 3 N–H and O–H groups in total. The molecule has 0 amide bonds. The van der Waals surface area contributed by atoms with Crippen LogP contribution in [0.3, 0.4) is 0 Å². The largest absolute Gasteiger partial charge is 0.478 e. The zero-order valence-corrected chi connectivity index (χ0v) is 12.7. The van der Waals surface area contributed by atoms with Crippen LogP contribution >= 0.6 is 0 Å². The third kappa shape index (κ3) is 5.14. The minimum Gasteiger partial charge on any atom is -0.478 e. The first-order valence-electron chi connectivity index (χ1n) is 5.94. The first-order valence-corrected chi connectivity index (χ1v) is 7.83. The van der Waals surface area contributed by atoms with Crippen molar-refractivity contribution in [2.75, 3.05) is 18.1 Å². The summed E-state index contributed by atoms with van der Waals surface area (Å²) in [6, 6.07) is 3.01. The van der Waals surface area contributed by atoms with Crippen molar-refractivity contribution < 1.29 is 18.3 Å². The van der Waals surface area contributed by atoms with Crippen LogP contribution in [-0.2, 0) is 10.0 Å². The van der Waals surface area contributed by atoms with E-state index in [0.29, 0.717) is 18.1 Å². The highest BCUT2D eigenvalue weighted by Crippen LogP contribution is 2.12. The summed E-state index contributed by atoms with van der Waals surface area (Å²) >= 11 is 0. The Morgan fingerprint density at radius 2 is 2.00 bits per heavy atom. The molecule has 0 aliphatic rings. The Hall–Kier alpha value is -1.67. The molecule has 0 saturated carbocycles. The van der Waals surface area contributed by atoms with Gasteiger partial charge in [0.2, 0.25) is 10.0 Å². The number of aromatic nitrogens is 1. The Labute approximate surface area is 118 Å². The van der Waals surface area contributed by atoms with Gasteiger partial charge in [0.15, 0.2) is 0 Å². The third-order valence-corrected chi connectivity index (χ3v) is 3.41. The summed E-state index contributed by atoms with van der Waals surface area (Å²) in [5, 5.41) is 11.9. The number of carboxylic acid groups (broad SMARTS) is 1. The van der Waals surface area contributed by atoms with E-state index in [1.54, 1.807) is 26.8 Å². The van der Waals surface area contributed by atoms with Gasteiger partial charge in [-0.1, -0.05) is 0 Å². The van der Waals surface area contributed by atoms with Crippen molar-refractivity contribution in [3.8, 4) is 0 Å². The Morgan fingerprint density at radius 3 is 2.45 bits per heavy atom. The lowest BCUT2D eigenvalue weighted by atomic mass is 10.1. The summed E-state index contributed by atoms with van der Waals surface area (Å²) in [5.74, 6) is -0.531. The summed E-state index contributed by atoms with van der Waals surface area (Å²) < 4.78 is 24.9. The average molecular weight is 301 g/mol. The number of aryl methyl sites for hydroxylation is 1. The fraction of sp³-hybridized carbons (Fsp3) is 0.500. The summed E-state index contributed by atoms with van der Waals surface area (Å²) in [6.07, 6.45) is 1.10. The Morgan fingerprint density at radius 1 is 1.40 bits per heavy atom. The van der Waals surface area contributed by atoms with Crippen LogP contribution in [0.1, 0.15) is 29.9 Å². The fourth-order valence-electron chi connectivity index (χ4n) is 1.74. The first-order chi connectivity index (χ1) is 9.00. The fourth-order valence-corrected chi connectivity index (χ4v) is 2.81. The van der Waals surface area contributed by atoms with Gasteiger partial charge in [0.1, 0.15) is 5.82 Å². The number of anilines is 1. The third-order valence-electron chi connectivity index (χ3n) is 2.49. The molecule has 1 heterocycles. The van der Waals surface area contributed by atoms with Gasteiger partial charge in [0.25, 0.3) is 0 Å². The van der Waals surface area contributed by atoms with E-state index in [0.717, 1.165) is 6.26 Å². The molecule has 0 aliphatic heterocycles. The lowest BCUT2D eigenvalue weighted by Gasteiger charge is -2.25. The highest BCUT2D eigenvalue weighted by atomic mass is 32.2. The number of nitrogens with zero attached hydrogens (tertiary/aromatic N) is 1. The maximum absolute atomic E-state index is 11.2. The quantitative estimate of drug-likeness (QED) is 0.718. The van der Waals surface area contributed by atoms with Gasteiger partial charge < -0.3 is 10.4 Å². The van der Waals surface area contributed by atoms with Crippen LogP contribution in [0, 0.1) is 6.92 Å². The number of rotatable bonds is 6. The predicted octanol–water partition coefficient (Wildman–Crippen LogP) is 0.828. The number of carbonyl (C=O) groups is 1. The van der Waals surface area contributed by atoms with Gasteiger partial charge in [-0.25, -0.2) is 22.9 Å². The lowest BCUT2D eigenvalue weighted by Crippen LogP contribution is -2.47. The normalized spacial score (nSPS) is 12.2. The van der Waals surface area contributed by atoms with E-state index in [1.165, 1.54) is 6.07 Å². The minimum absolute atomic E-state index is 0.143. The van der Waals surface area contributed by atoms with Gasteiger partial charge in [0.05, 0.1) is 17.5 Å². The van der Waals surface area contributed by atoms with Crippen LogP contribution in [0.2, 0.25) is 0 Å². The number of sulfonamides is 1. The molecule has 0 saturated heterocycles. The molecule has 0 fully saturated rings. The highest BCUT2D eigenvalue weighted by Gasteiger charge is 2.22. The molecule has 112 valence electrons. The van der Waals surface area contributed by atoms with Crippen LogP contribution < -0.4 is 10.0 Å². The standard InChI is InChI=1S/C12H19N3O4S/c1-8-9(11(16)17)5-6-10(14-8)13-7-12(2,3)15-20(4,18)19/h5-6,15H,7H2,1-4H3,(H,13,14)(H,16,17). The van der Waals surface area contributed by atoms with Gasteiger partial charge in [-0.3, -0.25) is 0 Å². The summed E-state index contributed by atoms with van der Waals surface area (Å²) in [6.45, 7) is 5.40. The number of hydrogen-bond acceptors (Lipinski definition) is 5. The van der Waals surface area contributed by atoms with E-state index < -0.39 is 21.5 Å². The molecule has 0 radical (unpaired) electrons. The molecule has 1 rings (SSSR count). The van der Waals surface area contributed by atoms with E-state index in [2.05, 4.69) is 15.0 Å². The lowest BCUT2D eigenvalue weighted by molar-refractivity contribution is 0.0695. The van der Waals surface area contributed by atoms with Crippen LogP contribution in [0.25, 0.3) is 0 Å². The number of aromatic carboxylic acids is 1. The number of carboxylic acids is 1. The van der Waals surface area contributed by atoms with Crippen molar-refractivity contribution in [2.45, 2.75) is 26.3 Å². The monoisotopic (exact) mass is 301 g/mol. The molecule has 8 heteroatoms. The van der Waals surface area contributed by atoms with E-state index in [9.17, 15) is 13.2 Å². The van der Waals surface area contributed by atoms with Gasteiger partial charge in [-0.15, -0.1) is 0 Å². The molecule has 0 unspecified atom stereocenters. The van der Waals surface area contributed by atoms with Crippen LogP contribution in [0.4, 0.5) is 5.82 Å². The first kappa shape index (κ1) is 16.4. The Kier molecular flexibility index (Phi) is 4.72. The zero-order chi connectivity index (χ0) is 15.6. The average Bonchev–Trinajstić information content (AvgIpc) is 2.22. The van der Waals surface area contributed by atoms with E-state index >= 15 is 0 Å². The van der Waals surface area contributed by atoms with Crippen molar-refractivity contribution in [2.24, 2.45) is 0 Å². The van der Waals surface area contributed by atoms with Crippen LogP contribution in [0.15, 0.2) is 12.1 Å². The van der Waals surface area contributed by atoms with Crippen LogP contribution in [0.5, 0.6) is 0 Å². The Bertz CT molecular complexity index is 611. The molecule has 0 aromatic carbocycles. The topological polar surface area (TPSA) is 108 Å². The van der Waals surface area contributed by atoms with Crippen molar-refractivity contribution in [3.05, 3.63) is 23.4 Å². The molecule has 0 aliphatic carbocycles. The van der Waals surface area contributed by atoms with Crippen molar-refractivity contribution in [1.82, 2.24) is 9.71 Å². The van der Waals surface area contributed by atoms with E-state index in [1.807, 2.05) is 0 Å². The van der Waals surface area contributed by atoms with Crippen molar-refractivity contribution in [1.29, 1.82) is 0 Å². The van der Waals surface area contributed by atoms with E-state index in [-0.39, 0.29) is 5.56 Å². The number of nitrogens with one attached hydrogen (secondary N) is 2. The summed E-state index contributed by atoms with van der Waals surface area (Å²) in [4.78, 5) is 15.0. The molecule has 20 heavy (non-hydrogen) atoms. The van der Waals surface area contributed by atoms with Gasteiger partial charge in [0, 0.05) is 12.1 Å². The molecule has 7 nitrogen and oxygen atoms in total. The second-order valence-electron chi connectivity index (χ2n) is 5.25. The molecular weight excluding hydrogens is 282 g/mol. The van der Waals surface area contributed by atoms with Crippen molar-refractivity contribution >= 4 is 21.8 Å². The second kappa shape index (κ2) is 5.76.